The van der Waals surface area contributed by atoms with E-state index in [9.17, 15) is 0 Å². The van der Waals surface area contributed by atoms with Gasteiger partial charge in [-0.1, -0.05) is 96.1 Å². The molecule has 0 radical (unpaired) electrons. The smallest absolute Gasteiger partial charge is 0.192 e. The Morgan fingerprint density at radius 2 is 1.16 bits per heavy atom. The standard InChI is InChI=1S/C47H72O8Si2/c1-46(2,3)56(9,10)54-41(26-27-50-32-37-18-22-39(48-7)23-19-37)28-44(55-57(11,12)47(4,5)6)31-43-29-42(52-34-38-20-24-40(49-8)25-21-38)30-45(53-43)35-51-33-36-16-14-13-15-17-36/h13-25,29,41-42,44-45H,26-28,30-35H2,1-12H3/t41-,42-,44+,45-/m1/s1. The molecule has 0 aliphatic carbocycles. The number of hydrogen-bond acceptors (Lipinski definition) is 8. The van der Waals surface area contributed by atoms with Crippen molar-refractivity contribution in [3.63, 3.8) is 0 Å². The summed E-state index contributed by atoms with van der Waals surface area (Å²) in [6.07, 6.45) is 4.52. The largest absolute Gasteiger partial charge is 0.497 e. The highest BCUT2D eigenvalue weighted by atomic mass is 28.4. The quantitative estimate of drug-likeness (QED) is 0.0733. The second-order valence-electron chi connectivity index (χ2n) is 18.4. The molecule has 1 aliphatic rings. The van der Waals surface area contributed by atoms with Crippen LogP contribution in [0.15, 0.2) is 90.7 Å². The summed E-state index contributed by atoms with van der Waals surface area (Å²) in [7, 11) is -0.968. The van der Waals surface area contributed by atoms with Gasteiger partial charge in [0.25, 0.3) is 0 Å². The van der Waals surface area contributed by atoms with Crippen LogP contribution in [0.4, 0.5) is 0 Å². The molecule has 3 aromatic rings. The zero-order valence-corrected chi connectivity index (χ0v) is 39.0. The van der Waals surface area contributed by atoms with Gasteiger partial charge in [0.2, 0.25) is 0 Å². The number of benzene rings is 3. The average molecular weight is 821 g/mol. The van der Waals surface area contributed by atoms with Crippen molar-refractivity contribution < 1.29 is 37.3 Å². The topological polar surface area (TPSA) is 73.8 Å². The summed E-state index contributed by atoms with van der Waals surface area (Å²) in [5.41, 5.74) is 3.34. The van der Waals surface area contributed by atoms with E-state index in [2.05, 4.69) is 110 Å². The molecule has 0 fully saturated rings. The lowest BCUT2D eigenvalue weighted by Crippen LogP contribution is -2.47. The monoisotopic (exact) mass is 820 g/mol. The van der Waals surface area contributed by atoms with E-state index in [1.165, 1.54) is 0 Å². The SMILES string of the molecule is COc1ccc(COCC[C@H](C[C@@H](CC2=C[C@@H](OCc3ccc(OC)cc3)C[C@H](COCc3ccccc3)O2)O[Si](C)(C)C(C)(C)C)O[Si](C)(C)C(C)(C)C)cc1. The van der Waals surface area contributed by atoms with Crippen LogP contribution in [0.5, 0.6) is 11.5 Å². The summed E-state index contributed by atoms with van der Waals surface area (Å²) in [4.78, 5) is 0. The second-order valence-corrected chi connectivity index (χ2v) is 27.9. The summed E-state index contributed by atoms with van der Waals surface area (Å²) in [6.45, 7) is 25.7. The van der Waals surface area contributed by atoms with Crippen molar-refractivity contribution in [1.29, 1.82) is 0 Å². The minimum absolute atomic E-state index is 0.0299. The molecule has 316 valence electrons. The third-order valence-corrected chi connectivity index (χ3v) is 20.8. The maximum absolute atomic E-state index is 7.31. The molecule has 0 saturated heterocycles. The van der Waals surface area contributed by atoms with Crippen LogP contribution in [0.25, 0.3) is 0 Å². The fourth-order valence-corrected chi connectivity index (χ4v) is 8.97. The lowest BCUT2D eigenvalue weighted by molar-refractivity contribution is -0.0501. The van der Waals surface area contributed by atoms with Crippen LogP contribution in [0.1, 0.15) is 83.9 Å². The molecule has 0 aromatic heterocycles. The lowest BCUT2D eigenvalue weighted by atomic mass is 10.0. The molecule has 10 heteroatoms. The molecular formula is C47H72O8Si2. The maximum Gasteiger partial charge on any atom is 0.192 e. The minimum Gasteiger partial charge on any atom is -0.497 e. The Morgan fingerprint density at radius 1 is 0.649 bits per heavy atom. The van der Waals surface area contributed by atoms with Crippen molar-refractivity contribution in [2.24, 2.45) is 0 Å². The normalized spacial score (nSPS) is 17.7. The first-order valence-corrected chi connectivity index (χ1v) is 26.5. The van der Waals surface area contributed by atoms with Gasteiger partial charge in [-0.25, -0.2) is 0 Å². The summed E-state index contributed by atoms with van der Waals surface area (Å²) in [6, 6.07) is 26.4. The number of hydrogen-bond donors (Lipinski definition) is 0. The van der Waals surface area contributed by atoms with Gasteiger partial charge in [0.05, 0.1) is 58.6 Å². The van der Waals surface area contributed by atoms with Crippen molar-refractivity contribution in [2.45, 2.75) is 148 Å². The highest BCUT2D eigenvalue weighted by Crippen LogP contribution is 2.41. The van der Waals surface area contributed by atoms with Crippen LogP contribution in [0.3, 0.4) is 0 Å². The first kappa shape index (κ1) is 46.7. The summed E-state index contributed by atoms with van der Waals surface area (Å²) in [5.74, 6) is 2.56. The lowest BCUT2D eigenvalue weighted by Gasteiger charge is -2.43. The molecule has 0 bridgehead atoms. The molecular weight excluding hydrogens is 749 g/mol. The van der Waals surface area contributed by atoms with Crippen molar-refractivity contribution in [2.75, 3.05) is 27.4 Å². The van der Waals surface area contributed by atoms with Gasteiger partial charge in [0.1, 0.15) is 17.6 Å². The summed E-state index contributed by atoms with van der Waals surface area (Å²) in [5, 5.41) is 0.0869. The average Bonchev–Trinajstić information content (AvgIpc) is 3.15. The van der Waals surface area contributed by atoms with Gasteiger partial charge >= 0.3 is 0 Å². The van der Waals surface area contributed by atoms with E-state index in [0.29, 0.717) is 45.9 Å². The van der Waals surface area contributed by atoms with Crippen LogP contribution >= 0.6 is 0 Å². The molecule has 4 rings (SSSR count). The minimum atomic E-state index is -2.20. The number of ether oxygens (including phenoxy) is 6. The van der Waals surface area contributed by atoms with E-state index in [4.69, 9.17) is 37.3 Å². The van der Waals surface area contributed by atoms with Crippen molar-refractivity contribution >= 4 is 16.6 Å². The Morgan fingerprint density at radius 3 is 1.70 bits per heavy atom. The molecule has 1 aliphatic heterocycles. The predicted molar refractivity (Wildman–Crippen MR) is 236 cm³/mol. The predicted octanol–water partition coefficient (Wildman–Crippen LogP) is 11.6. The van der Waals surface area contributed by atoms with Gasteiger partial charge in [0, 0.05) is 25.6 Å². The zero-order valence-electron chi connectivity index (χ0n) is 37.0. The zero-order chi connectivity index (χ0) is 41.7. The summed E-state index contributed by atoms with van der Waals surface area (Å²) < 4.78 is 51.1. The van der Waals surface area contributed by atoms with Gasteiger partial charge in [-0.2, -0.15) is 0 Å². The molecule has 3 aromatic carbocycles. The number of methoxy groups -OCH3 is 2. The van der Waals surface area contributed by atoms with Crippen molar-refractivity contribution in [3.8, 4) is 11.5 Å². The van der Waals surface area contributed by atoms with E-state index < -0.39 is 16.6 Å². The Bertz CT molecular complexity index is 1630. The van der Waals surface area contributed by atoms with Crippen LogP contribution in [0, 0.1) is 0 Å². The van der Waals surface area contributed by atoms with E-state index >= 15 is 0 Å². The van der Waals surface area contributed by atoms with Gasteiger partial charge in [-0.05, 0) is 96.1 Å². The third-order valence-electron chi connectivity index (χ3n) is 11.7. The van der Waals surface area contributed by atoms with Gasteiger partial charge in [-0.3, -0.25) is 0 Å². The molecule has 1 heterocycles. The maximum atomic E-state index is 7.31. The van der Waals surface area contributed by atoms with Crippen LogP contribution in [-0.4, -0.2) is 68.5 Å². The van der Waals surface area contributed by atoms with Crippen molar-refractivity contribution in [3.05, 3.63) is 107 Å². The van der Waals surface area contributed by atoms with E-state index in [0.717, 1.165) is 46.8 Å². The van der Waals surface area contributed by atoms with Crippen LogP contribution in [-0.2, 0) is 47.6 Å². The molecule has 0 unspecified atom stereocenters. The first-order chi connectivity index (χ1) is 26.9. The molecule has 8 nitrogen and oxygen atoms in total. The Kier molecular flexibility index (Phi) is 17.5. The van der Waals surface area contributed by atoms with Gasteiger partial charge in [-0.15, -0.1) is 0 Å². The van der Waals surface area contributed by atoms with Crippen molar-refractivity contribution in [1.82, 2.24) is 0 Å². The first-order valence-electron chi connectivity index (χ1n) is 20.7. The molecule has 57 heavy (non-hydrogen) atoms. The fourth-order valence-electron chi connectivity index (χ4n) is 6.21. The highest BCUT2D eigenvalue weighted by molar-refractivity contribution is 6.74. The molecule has 4 atom stereocenters. The Hall–Kier alpha value is -2.97. The third kappa shape index (κ3) is 15.3. The Balaban J connectivity index is 1.56. The fraction of sp³-hybridized carbons (Fsp3) is 0.574. The molecule has 0 amide bonds. The molecule has 0 saturated carbocycles. The number of rotatable bonds is 22. The molecule has 0 spiro atoms. The summed E-state index contributed by atoms with van der Waals surface area (Å²) >= 11 is 0. The Labute approximate surface area is 346 Å². The van der Waals surface area contributed by atoms with Crippen LogP contribution < -0.4 is 9.47 Å². The van der Waals surface area contributed by atoms with Gasteiger partial charge in [0.15, 0.2) is 16.6 Å². The second kappa shape index (κ2) is 21.3. The molecule has 0 N–H and O–H groups in total. The van der Waals surface area contributed by atoms with E-state index in [1.807, 2.05) is 42.5 Å². The van der Waals surface area contributed by atoms with Crippen LogP contribution in [0.2, 0.25) is 36.3 Å². The highest BCUT2D eigenvalue weighted by Gasteiger charge is 2.43. The van der Waals surface area contributed by atoms with Gasteiger partial charge < -0.3 is 37.3 Å². The van der Waals surface area contributed by atoms with E-state index in [1.54, 1.807) is 14.2 Å². The van der Waals surface area contributed by atoms with E-state index in [-0.39, 0.29) is 34.5 Å².